The zero-order chi connectivity index (χ0) is 20.4. The van der Waals surface area contributed by atoms with Crippen LogP contribution in [0, 0.1) is 0 Å². The van der Waals surface area contributed by atoms with Gasteiger partial charge < -0.3 is 9.47 Å². The van der Waals surface area contributed by atoms with Gasteiger partial charge >= 0.3 is 0 Å². The number of rotatable bonds is 5. The quantitative estimate of drug-likeness (QED) is 0.195. The van der Waals surface area contributed by atoms with Crippen molar-refractivity contribution in [2.75, 3.05) is 14.2 Å². The molecule has 29 heavy (non-hydrogen) atoms. The predicted octanol–water partition coefficient (Wildman–Crippen LogP) is 6.67. The lowest BCUT2D eigenvalue weighted by molar-refractivity contribution is 0.104. The summed E-state index contributed by atoms with van der Waals surface area (Å²) in [6.07, 6.45) is 3.51. The number of carbonyl (C=O) groups is 1. The minimum absolute atomic E-state index is 0.116. The summed E-state index contributed by atoms with van der Waals surface area (Å²) in [4.78, 5) is 13.0. The molecule has 4 aromatic rings. The Kier molecular flexibility index (Phi) is 5.36. The number of hydrogen-bond donors (Lipinski definition) is 0. The molecule has 0 fully saturated rings. The fourth-order valence-corrected chi connectivity index (χ4v) is 4.04. The van der Waals surface area contributed by atoms with Crippen LogP contribution >= 0.6 is 15.9 Å². The van der Waals surface area contributed by atoms with Crippen LogP contribution in [0.3, 0.4) is 0 Å². The molecule has 0 aliphatic heterocycles. The third-order valence-corrected chi connectivity index (χ3v) is 5.61. The highest BCUT2D eigenvalue weighted by Crippen LogP contribution is 2.34. The van der Waals surface area contributed by atoms with E-state index in [1.165, 1.54) is 0 Å². The minimum Gasteiger partial charge on any atom is -0.493 e. The van der Waals surface area contributed by atoms with Crippen LogP contribution in [-0.4, -0.2) is 20.0 Å². The van der Waals surface area contributed by atoms with E-state index in [1.54, 1.807) is 32.4 Å². The second-order valence-electron chi connectivity index (χ2n) is 6.62. The van der Waals surface area contributed by atoms with Crippen molar-refractivity contribution in [3.8, 4) is 11.5 Å². The Morgan fingerprint density at radius 2 is 1.38 bits per heavy atom. The number of fused-ring (bicyclic) bond motifs is 2. The SMILES string of the molecule is COc1cc(Br)c(C(=O)/C=C/c2c3ccccc3cc3ccccc23)cc1OC. The Balaban J connectivity index is 1.82. The molecule has 0 heterocycles. The van der Waals surface area contributed by atoms with Crippen molar-refractivity contribution in [2.45, 2.75) is 0 Å². The van der Waals surface area contributed by atoms with E-state index < -0.39 is 0 Å². The molecular weight excluding hydrogens is 428 g/mol. The summed E-state index contributed by atoms with van der Waals surface area (Å²) in [5.41, 5.74) is 1.55. The molecule has 0 aliphatic carbocycles. The standard InChI is InChI=1S/C25H19BrO3/c1-28-24-14-21(22(26)15-25(24)29-2)23(27)12-11-20-18-9-5-3-7-16(18)13-17-8-4-6-10-19(17)20/h3-15H,1-2H3/b12-11+. The van der Waals surface area contributed by atoms with Crippen LogP contribution in [0.5, 0.6) is 11.5 Å². The summed E-state index contributed by atoms with van der Waals surface area (Å²) >= 11 is 3.47. The second kappa shape index (κ2) is 8.10. The molecule has 0 saturated heterocycles. The smallest absolute Gasteiger partial charge is 0.187 e. The van der Waals surface area contributed by atoms with Crippen molar-refractivity contribution in [3.63, 3.8) is 0 Å². The van der Waals surface area contributed by atoms with Crippen LogP contribution in [0.4, 0.5) is 0 Å². The highest BCUT2D eigenvalue weighted by molar-refractivity contribution is 9.10. The normalized spacial score (nSPS) is 11.3. The molecule has 4 aromatic carbocycles. The first-order valence-corrected chi connectivity index (χ1v) is 9.96. The summed E-state index contributed by atoms with van der Waals surface area (Å²) in [5, 5.41) is 4.51. The number of ether oxygens (including phenoxy) is 2. The van der Waals surface area contributed by atoms with Gasteiger partial charge in [-0.25, -0.2) is 0 Å². The fourth-order valence-electron chi connectivity index (χ4n) is 3.52. The molecule has 0 atom stereocenters. The van der Waals surface area contributed by atoms with Gasteiger partial charge in [0, 0.05) is 10.0 Å². The van der Waals surface area contributed by atoms with Gasteiger partial charge in [0.1, 0.15) is 0 Å². The summed E-state index contributed by atoms with van der Waals surface area (Å²) in [6.45, 7) is 0. The van der Waals surface area contributed by atoms with Crippen LogP contribution in [0.2, 0.25) is 0 Å². The lowest BCUT2D eigenvalue weighted by Gasteiger charge is -2.11. The van der Waals surface area contributed by atoms with Crippen LogP contribution in [-0.2, 0) is 0 Å². The summed E-state index contributed by atoms with van der Waals surface area (Å²) in [7, 11) is 3.12. The van der Waals surface area contributed by atoms with E-state index in [2.05, 4.69) is 46.3 Å². The average molecular weight is 447 g/mol. The second-order valence-corrected chi connectivity index (χ2v) is 7.47. The van der Waals surface area contributed by atoms with Crippen LogP contribution < -0.4 is 9.47 Å². The third kappa shape index (κ3) is 3.64. The summed E-state index contributed by atoms with van der Waals surface area (Å²) in [6, 6.07) is 22.0. The van der Waals surface area contributed by atoms with Gasteiger partial charge in [-0.1, -0.05) is 48.5 Å². The molecule has 0 saturated carbocycles. The van der Waals surface area contributed by atoms with Gasteiger partial charge in [0.05, 0.1) is 14.2 Å². The number of carbonyl (C=O) groups excluding carboxylic acids is 1. The molecule has 0 spiro atoms. The molecule has 0 N–H and O–H groups in total. The molecule has 0 radical (unpaired) electrons. The van der Waals surface area contributed by atoms with Gasteiger partial charge in [-0.05, 0) is 73.4 Å². The van der Waals surface area contributed by atoms with E-state index in [1.807, 2.05) is 30.3 Å². The van der Waals surface area contributed by atoms with Gasteiger partial charge in [0.2, 0.25) is 0 Å². The zero-order valence-electron chi connectivity index (χ0n) is 16.1. The van der Waals surface area contributed by atoms with Crippen LogP contribution in [0.15, 0.2) is 77.3 Å². The third-order valence-electron chi connectivity index (χ3n) is 4.95. The molecular formula is C25H19BrO3. The molecule has 0 aliphatic rings. The number of hydrogen-bond acceptors (Lipinski definition) is 3. The largest absolute Gasteiger partial charge is 0.493 e. The van der Waals surface area contributed by atoms with Crippen molar-refractivity contribution in [2.24, 2.45) is 0 Å². The number of halogens is 1. The molecule has 3 nitrogen and oxygen atoms in total. The van der Waals surface area contributed by atoms with Gasteiger partial charge in [-0.15, -0.1) is 0 Å². The van der Waals surface area contributed by atoms with Crippen molar-refractivity contribution in [3.05, 3.63) is 88.4 Å². The molecule has 4 heteroatoms. The van der Waals surface area contributed by atoms with Crippen molar-refractivity contribution < 1.29 is 14.3 Å². The number of methoxy groups -OCH3 is 2. The first-order chi connectivity index (χ1) is 14.1. The first-order valence-electron chi connectivity index (χ1n) is 9.17. The maximum atomic E-state index is 13.0. The Bertz CT molecular complexity index is 1200. The molecule has 0 unspecified atom stereocenters. The predicted molar refractivity (Wildman–Crippen MR) is 122 cm³/mol. The van der Waals surface area contributed by atoms with E-state index in [0.29, 0.717) is 21.5 Å². The highest BCUT2D eigenvalue weighted by atomic mass is 79.9. The van der Waals surface area contributed by atoms with Crippen LogP contribution in [0.1, 0.15) is 15.9 Å². The Labute approximate surface area is 177 Å². The van der Waals surface area contributed by atoms with Crippen molar-refractivity contribution >= 4 is 49.3 Å². The van der Waals surface area contributed by atoms with Gasteiger partial charge in [0.25, 0.3) is 0 Å². The van der Waals surface area contributed by atoms with Gasteiger partial charge in [0.15, 0.2) is 17.3 Å². The number of benzene rings is 4. The Morgan fingerprint density at radius 3 is 1.97 bits per heavy atom. The molecule has 4 rings (SSSR count). The van der Waals surface area contributed by atoms with Crippen molar-refractivity contribution in [1.82, 2.24) is 0 Å². The molecule has 144 valence electrons. The van der Waals surface area contributed by atoms with E-state index in [0.717, 1.165) is 27.1 Å². The molecule has 0 amide bonds. The van der Waals surface area contributed by atoms with E-state index in [-0.39, 0.29) is 5.78 Å². The summed E-state index contributed by atoms with van der Waals surface area (Å²) in [5.74, 6) is 0.970. The molecule has 0 bridgehead atoms. The number of allylic oxidation sites excluding steroid dienone is 1. The molecule has 0 aromatic heterocycles. The van der Waals surface area contributed by atoms with E-state index in [4.69, 9.17) is 9.47 Å². The first kappa shape index (κ1) is 19.2. The topological polar surface area (TPSA) is 35.5 Å². The average Bonchev–Trinajstić information content (AvgIpc) is 2.76. The lowest BCUT2D eigenvalue weighted by atomic mass is 9.96. The van der Waals surface area contributed by atoms with E-state index in [9.17, 15) is 4.79 Å². The number of ketones is 1. The highest BCUT2D eigenvalue weighted by Gasteiger charge is 2.14. The summed E-state index contributed by atoms with van der Waals surface area (Å²) < 4.78 is 11.3. The van der Waals surface area contributed by atoms with E-state index >= 15 is 0 Å². The maximum absolute atomic E-state index is 13.0. The minimum atomic E-state index is -0.116. The zero-order valence-corrected chi connectivity index (χ0v) is 17.7. The Morgan fingerprint density at radius 1 is 0.828 bits per heavy atom. The monoisotopic (exact) mass is 446 g/mol. The lowest BCUT2D eigenvalue weighted by Crippen LogP contribution is -1.99. The van der Waals surface area contributed by atoms with Crippen molar-refractivity contribution in [1.29, 1.82) is 0 Å². The Hall–Kier alpha value is -3.11. The van der Waals surface area contributed by atoms with Gasteiger partial charge in [-0.2, -0.15) is 0 Å². The fraction of sp³-hybridized carbons (Fsp3) is 0.0800. The van der Waals surface area contributed by atoms with Crippen LogP contribution in [0.25, 0.3) is 27.6 Å². The maximum Gasteiger partial charge on any atom is 0.187 e. The van der Waals surface area contributed by atoms with Gasteiger partial charge in [-0.3, -0.25) is 4.79 Å².